The van der Waals surface area contributed by atoms with Gasteiger partial charge in [0.2, 0.25) is 5.91 Å². The Morgan fingerprint density at radius 3 is 2.50 bits per heavy atom. The molecule has 0 bridgehead atoms. The summed E-state index contributed by atoms with van der Waals surface area (Å²) in [6, 6.07) is 7.38. The molecule has 2 aromatic rings. The van der Waals surface area contributed by atoms with Gasteiger partial charge in [0.1, 0.15) is 11.6 Å². The van der Waals surface area contributed by atoms with E-state index in [9.17, 15) is 9.59 Å². The number of rotatable bonds is 5. The molecule has 0 fully saturated rings. The number of carbonyl (C=O) groups is 2. The number of nitrogens with zero attached hydrogens (tertiary/aromatic N) is 2. The molecule has 0 saturated carbocycles. The van der Waals surface area contributed by atoms with Crippen molar-refractivity contribution in [3.05, 3.63) is 35.9 Å². The Hall–Kier alpha value is -2.81. The van der Waals surface area contributed by atoms with Crippen LogP contribution in [0.1, 0.15) is 10.4 Å². The standard InChI is InChI=1S/C13H13N5O3S/c14-9-5-10(15)18-13(17-9)22-6-11(19)16-8-3-1-2-7(4-8)12(20)21/h1-5H,6H2,(H,16,19)(H,20,21)(H4,14,15,17,18). The molecule has 0 atom stereocenters. The molecule has 0 aliphatic carbocycles. The van der Waals surface area contributed by atoms with Crippen molar-refractivity contribution < 1.29 is 14.7 Å². The summed E-state index contributed by atoms with van der Waals surface area (Å²) in [5.41, 5.74) is 11.6. The van der Waals surface area contributed by atoms with E-state index < -0.39 is 5.97 Å². The average molecular weight is 319 g/mol. The highest BCUT2D eigenvalue weighted by Gasteiger charge is 2.08. The first-order valence-electron chi connectivity index (χ1n) is 6.10. The van der Waals surface area contributed by atoms with Crippen LogP contribution in [0.2, 0.25) is 0 Å². The predicted octanol–water partition coefficient (Wildman–Crippen LogP) is 1.07. The van der Waals surface area contributed by atoms with Gasteiger partial charge in [0.15, 0.2) is 5.16 Å². The number of hydrogen-bond acceptors (Lipinski definition) is 7. The van der Waals surface area contributed by atoms with Gasteiger partial charge in [0, 0.05) is 11.8 Å². The minimum atomic E-state index is -1.06. The number of carboxylic acids is 1. The number of aromatic carboxylic acids is 1. The van der Waals surface area contributed by atoms with Crippen LogP contribution < -0.4 is 16.8 Å². The van der Waals surface area contributed by atoms with Crippen LogP contribution in [0.4, 0.5) is 17.3 Å². The Labute approximate surface area is 129 Å². The number of anilines is 3. The zero-order valence-corrected chi connectivity index (χ0v) is 12.1. The van der Waals surface area contributed by atoms with Gasteiger partial charge < -0.3 is 21.9 Å². The number of carbonyl (C=O) groups excluding carboxylic acids is 1. The fourth-order valence-electron chi connectivity index (χ4n) is 1.58. The van der Waals surface area contributed by atoms with E-state index in [4.69, 9.17) is 16.6 Å². The quantitative estimate of drug-likeness (QED) is 0.473. The number of benzene rings is 1. The van der Waals surface area contributed by atoms with Gasteiger partial charge in [-0.1, -0.05) is 17.8 Å². The lowest BCUT2D eigenvalue weighted by Crippen LogP contribution is -2.15. The predicted molar refractivity (Wildman–Crippen MR) is 83.6 cm³/mol. The Bertz CT molecular complexity index is 702. The summed E-state index contributed by atoms with van der Waals surface area (Å²) in [5, 5.41) is 11.8. The molecule has 0 spiro atoms. The topological polar surface area (TPSA) is 144 Å². The molecule has 1 aromatic heterocycles. The number of carboxylic acid groups (broad SMARTS) is 1. The smallest absolute Gasteiger partial charge is 0.335 e. The van der Waals surface area contributed by atoms with Gasteiger partial charge in [-0.15, -0.1) is 0 Å². The van der Waals surface area contributed by atoms with Gasteiger partial charge in [-0.2, -0.15) is 0 Å². The fourth-order valence-corrected chi connectivity index (χ4v) is 2.26. The van der Waals surface area contributed by atoms with Crippen molar-refractivity contribution in [2.45, 2.75) is 5.16 Å². The summed E-state index contributed by atoms with van der Waals surface area (Å²) < 4.78 is 0. The third-order valence-corrected chi connectivity index (χ3v) is 3.32. The maximum absolute atomic E-state index is 11.8. The molecule has 0 radical (unpaired) electrons. The number of hydrogen-bond donors (Lipinski definition) is 4. The molecule has 1 amide bonds. The first kappa shape index (κ1) is 15.6. The molecule has 9 heteroatoms. The second kappa shape index (κ2) is 6.76. The Morgan fingerprint density at radius 2 is 1.86 bits per heavy atom. The van der Waals surface area contributed by atoms with E-state index in [1.54, 1.807) is 12.1 Å². The Morgan fingerprint density at radius 1 is 1.18 bits per heavy atom. The Balaban J connectivity index is 1.95. The first-order valence-corrected chi connectivity index (χ1v) is 7.08. The van der Waals surface area contributed by atoms with Crippen molar-refractivity contribution in [3.63, 3.8) is 0 Å². The Kier molecular flexibility index (Phi) is 4.79. The number of thioether (sulfide) groups is 1. The molecule has 0 saturated heterocycles. The zero-order valence-electron chi connectivity index (χ0n) is 11.3. The SMILES string of the molecule is Nc1cc(N)nc(SCC(=O)Nc2cccc(C(=O)O)c2)n1. The lowest BCUT2D eigenvalue weighted by atomic mass is 10.2. The lowest BCUT2D eigenvalue weighted by Gasteiger charge is -2.06. The van der Waals surface area contributed by atoms with Crippen LogP contribution >= 0.6 is 11.8 Å². The van der Waals surface area contributed by atoms with Gasteiger partial charge >= 0.3 is 5.97 Å². The molecule has 0 aliphatic heterocycles. The maximum Gasteiger partial charge on any atom is 0.335 e. The molecular formula is C13H13N5O3S. The summed E-state index contributed by atoms with van der Waals surface area (Å²) >= 11 is 1.08. The minimum Gasteiger partial charge on any atom is -0.478 e. The second-order valence-corrected chi connectivity index (χ2v) is 5.17. The van der Waals surface area contributed by atoms with Crippen molar-refractivity contribution in [3.8, 4) is 0 Å². The van der Waals surface area contributed by atoms with E-state index in [1.165, 1.54) is 18.2 Å². The highest BCUT2D eigenvalue weighted by atomic mass is 32.2. The molecule has 114 valence electrons. The number of nitrogens with two attached hydrogens (primary N) is 2. The molecule has 1 heterocycles. The summed E-state index contributed by atoms with van der Waals surface area (Å²) in [7, 11) is 0. The maximum atomic E-state index is 11.8. The van der Waals surface area contributed by atoms with Crippen LogP contribution in [-0.2, 0) is 4.79 Å². The summed E-state index contributed by atoms with van der Waals surface area (Å²) in [6.45, 7) is 0. The highest BCUT2D eigenvalue weighted by molar-refractivity contribution is 7.99. The summed E-state index contributed by atoms with van der Waals surface area (Å²) in [5.74, 6) is -0.888. The third kappa shape index (κ3) is 4.35. The van der Waals surface area contributed by atoms with Crippen LogP contribution in [0.3, 0.4) is 0 Å². The third-order valence-electron chi connectivity index (χ3n) is 2.47. The van der Waals surface area contributed by atoms with E-state index in [0.717, 1.165) is 11.8 Å². The average Bonchev–Trinajstić information content (AvgIpc) is 2.44. The summed E-state index contributed by atoms with van der Waals surface area (Å²) in [6.07, 6.45) is 0. The number of nitrogens with one attached hydrogen (secondary N) is 1. The van der Waals surface area contributed by atoms with Gasteiger partial charge in [0.25, 0.3) is 0 Å². The normalized spacial score (nSPS) is 10.2. The largest absolute Gasteiger partial charge is 0.478 e. The molecule has 6 N–H and O–H groups in total. The second-order valence-electron chi connectivity index (χ2n) is 4.22. The van der Waals surface area contributed by atoms with Crippen LogP contribution in [0.15, 0.2) is 35.5 Å². The summed E-state index contributed by atoms with van der Waals surface area (Å²) in [4.78, 5) is 30.6. The van der Waals surface area contributed by atoms with Crippen LogP contribution in [0.5, 0.6) is 0 Å². The van der Waals surface area contributed by atoms with Crippen molar-refractivity contribution in [2.75, 3.05) is 22.5 Å². The van der Waals surface area contributed by atoms with Gasteiger partial charge in [0.05, 0.1) is 11.3 Å². The molecule has 0 unspecified atom stereocenters. The van der Waals surface area contributed by atoms with Crippen molar-refractivity contribution in [1.29, 1.82) is 0 Å². The van der Waals surface area contributed by atoms with Gasteiger partial charge in [-0.3, -0.25) is 4.79 Å². The lowest BCUT2D eigenvalue weighted by molar-refractivity contribution is -0.113. The zero-order chi connectivity index (χ0) is 16.1. The molecule has 22 heavy (non-hydrogen) atoms. The van der Waals surface area contributed by atoms with Gasteiger partial charge in [-0.05, 0) is 18.2 Å². The molecule has 1 aromatic carbocycles. The molecule has 8 nitrogen and oxygen atoms in total. The van der Waals surface area contributed by atoms with E-state index in [-0.39, 0.29) is 28.9 Å². The van der Waals surface area contributed by atoms with Crippen LogP contribution in [0, 0.1) is 0 Å². The molecule has 2 rings (SSSR count). The van der Waals surface area contributed by atoms with Gasteiger partial charge in [-0.25, -0.2) is 14.8 Å². The van der Waals surface area contributed by atoms with E-state index in [1.807, 2.05) is 0 Å². The number of aromatic nitrogens is 2. The first-order chi connectivity index (χ1) is 10.4. The van der Waals surface area contributed by atoms with Crippen molar-refractivity contribution in [1.82, 2.24) is 9.97 Å². The van der Waals surface area contributed by atoms with Crippen LogP contribution in [0.25, 0.3) is 0 Å². The van der Waals surface area contributed by atoms with E-state index in [2.05, 4.69) is 15.3 Å². The molecule has 0 aliphatic rings. The monoisotopic (exact) mass is 319 g/mol. The fraction of sp³-hybridized carbons (Fsp3) is 0.0769. The van der Waals surface area contributed by atoms with Crippen molar-refractivity contribution in [2.24, 2.45) is 0 Å². The highest BCUT2D eigenvalue weighted by Crippen LogP contribution is 2.17. The molecular weight excluding hydrogens is 306 g/mol. The van der Waals surface area contributed by atoms with E-state index >= 15 is 0 Å². The number of nitrogen functional groups attached to an aromatic ring is 2. The number of amides is 1. The van der Waals surface area contributed by atoms with E-state index in [0.29, 0.717) is 10.8 Å². The van der Waals surface area contributed by atoms with Crippen LogP contribution in [-0.4, -0.2) is 32.7 Å². The van der Waals surface area contributed by atoms with Crippen molar-refractivity contribution >= 4 is 41.0 Å². The minimum absolute atomic E-state index is 0.0419.